The van der Waals surface area contributed by atoms with Crippen molar-refractivity contribution in [2.75, 3.05) is 25.0 Å². The highest BCUT2D eigenvalue weighted by molar-refractivity contribution is 7.89. The average molecular weight is 403 g/mol. The molecule has 2 aromatic rings. The fourth-order valence-corrected chi connectivity index (χ4v) is 4.97. The van der Waals surface area contributed by atoms with Gasteiger partial charge in [0.15, 0.2) is 0 Å². The number of carbonyl (C=O) groups excluding carboxylic acids is 1. The van der Waals surface area contributed by atoms with Crippen LogP contribution in [0, 0.1) is 0 Å². The van der Waals surface area contributed by atoms with Crippen molar-refractivity contribution in [3.8, 4) is 5.75 Å². The number of hydrogen-bond acceptors (Lipinski definition) is 4. The first-order valence-corrected chi connectivity index (χ1v) is 11.1. The largest absolute Gasteiger partial charge is 0.492 e. The van der Waals surface area contributed by atoms with Gasteiger partial charge in [-0.2, -0.15) is 4.31 Å². The maximum absolute atomic E-state index is 13.1. The minimum Gasteiger partial charge on any atom is -0.492 e. The minimum absolute atomic E-state index is 0.105. The van der Waals surface area contributed by atoms with Gasteiger partial charge in [-0.25, -0.2) is 8.42 Å². The van der Waals surface area contributed by atoms with Crippen molar-refractivity contribution in [3.05, 3.63) is 54.1 Å². The third kappa shape index (κ3) is 4.91. The fourth-order valence-electron chi connectivity index (χ4n) is 3.29. The highest BCUT2D eigenvalue weighted by Crippen LogP contribution is 2.31. The Labute approximate surface area is 166 Å². The lowest BCUT2D eigenvalue weighted by Crippen LogP contribution is -2.35. The fraction of sp³-hybridized carbons (Fsp3) is 0.381. The molecular weight excluding hydrogens is 376 g/mol. The molecule has 1 amide bonds. The van der Waals surface area contributed by atoms with E-state index in [0.717, 1.165) is 24.8 Å². The van der Waals surface area contributed by atoms with Crippen LogP contribution in [0.1, 0.15) is 31.7 Å². The number of piperidine rings is 1. The highest BCUT2D eigenvalue weighted by Gasteiger charge is 2.29. The first-order valence-electron chi connectivity index (χ1n) is 9.61. The zero-order valence-electron chi connectivity index (χ0n) is 16.1. The molecule has 7 heteroatoms. The summed E-state index contributed by atoms with van der Waals surface area (Å²) >= 11 is 0. The molecule has 0 spiro atoms. The van der Waals surface area contributed by atoms with Gasteiger partial charge in [0.2, 0.25) is 15.9 Å². The Kier molecular flexibility index (Phi) is 6.70. The van der Waals surface area contributed by atoms with Crippen LogP contribution in [0.2, 0.25) is 0 Å². The molecule has 0 saturated carbocycles. The van der Waals surface area contributed by atoms with Gasteiger partial charge in [-0.15, -0.1) is 0 Å². The maximum atomic E-state index is 13.1. The predicted octanol–water partition coefficient (Wildman–Crippen LogP) is 3.44. The Balaban J connectivity index is 1.83. The summed E-state index contributed by atoms with van der Waals surface area (Å²) in [7, 11) is -3.68. The molecule has 0 unspecified atom stereocenters. The van der Waals surface area contributed by atoms with Crippen LogP contribution < -0.4 is 10.1 Å². The summed E-state index contributed by atoms with van der Waals surface area (Å²) < 4.78 is 33.3. The quantitative estimate of drug-likeness (QED) is 0.770. The van der Waals surface area contributed by atoms with Gasteiger partial charge in [0, 0.05) is 18.8 Å². The van der Waals surface area contributed by atoms with E-state index in [1.54, 1.807) is 12.1 Å². The number of amides is 1. The molecule has 0 aromatic heterocycles. The van der Waals surface area contributed by atoms with E-state index in [2.05, 4.69) is 5.32 Å². The molecule has 1 saturated heterocycles. The van der Waals surface area contributed by atoms with Gasteiger partial charge in [0.05, 0.1) is 13.0 Å². The zero-order chi connectivity index (χ0) is 20.0. The van der Waals surface area contributed by atoms with Crippen LogP contribution in [0.4, 0.5) is 5.69 Å². The number of benzene rings is 2. The molecule has 2 aromatic carbocycles. The van der Waals surface area contributed by atoms with Crippen LogP contribution in [0.5, 0.6) is 5.75 Å². The third-order valence-electron chi connectivity index (χ3n) is 4.67. The SMILES string of the molecule is CCOc1ccc(NC(=O)Cc2ccccc2)cc1S(=O)(=O)N1CCCCC1. The number of ether oxygens (including phenoxy) is 1. The molecular formula is C21H26N2O4S. The van der Waals surface area contributed by atoms with Gasteiger partial charge >= 0.3 is 0 Å². The molecule has 0 bridgehead atoms. The van der Waals surface area contributed by atoms with Crippen molar-refractivity contribution >= 4 is 21.6 Å². The molecule has 1 fully saturated rings. The number of hydrogen-bond donors (Lipinski definition) is 1. The number of anilines is 1. The van der Waals surface area contributed by atoms with E-state index < -0.39 is 10.0 Å². The summed E-state index contributed by atoms with van der Waals surface area (Å²) in [6, 6.07) is 14.2. The van der Waals surface area contributed by atoms with Crippen LogP contribution in [0.25, 0.3) is 0 Å². The molecule has 1 heterocycles. The summed E-state index contributed by atoms with van der Waals surface area (Å²) in [6.07, 6.45) is 2.98. The first kappa shape index (κ1) is 20.4. The molecule has 150 valence electrons. The Morgan fingerprint density at radius 1 is 1.07 bits per heavy atom. The maximum Gasteiger partial charge on any atom is 0.246 e. The summed E-state index contributed by atoms with van der Waals surface area (Å²) in [5, 5.41) is 2.80. The molecule has 1 aliphatic rings. The van der Waals surface area contributed by atoms with Crippen LogP contribution in [-0.2, 0) is 21.2 Å². The minimum atomic E-state index is -3.68. The highest BCUT2D eigenvalue weighted by atomic mass is 32.2. The normalized spacial score (nSPS) is 15.2. The number of carbonyl (C=O) groups is 1. The van der Waals surface area contributed by atoms with E-state index in [4.69, 9.17) is 4.74 Å². The van der Waals surface area contributed by atoms with E-state index in [9.17, 15) is 13.2 Å². The first-order chi connectivity index (χ1) is 13.5. The molecule has 1 N–H and O–H groups in total. The molecule has 6 nitrogen and oxygen atoms in total. The molecule has 3 rings (SSSR count). The summed E-state index contributed by atoms with van der Waals surface area (Å²) in [6.45, 7) is 3.20. The Morgan fingerprint density at radius 3 is 2.46 bits per heavy atom. The second kappa shape index (κ2) is 9.21. The van der Waals surface area contributed by atoms with Crippen molar-refractivity contribution in [1.82, 2.24) is 4.31 Å². The van der Waals surface area contributed by atoms with Crippen molar-refractivity contribution in [2.24, 2.45) is 0 Å². The standard InChI is InChI=1S/C21H26N2O4S/c1-2-27-19-12-11-18(22-21(24)15-17-9-5-3-6-10-17)16-20(19)28(25,26)23-13-7-4-8-14-23/h3,5-6,9-12,16H,2,4,7-8,13-15H2,1H3,(H,22,24). The van der Waals surface area contributed by atoms with Crippen LogP contribution >= 0.6 is 0 Å². The second-order valence-electron chi connectivity index (χ2n) is 6.77. The van der Waals surface area contributed by atoms with E-state index in [-0.39, 0.29) is 17.2 Å². The lowest BCUT2D eigenvalue weighted by Gasteiger charge is -2.27. The monoisotopic (exact) mass is 402 g/mol. The van der Waals surface area contributed by atoms with Gasteiger partial charge in [0.25, 0.3) is 0 Å². The third-order valence-corrected chi connectivity index (χ3v) is 6.59. The number of rotatable bonds is 7. The van der Waals surface area contributed by atoms with Crippen molar-refractivity contribution in [3.63, 3.8) is 0 Å². The summed E-state index contributed by atoms with van der Waals surface area (Å²) in [5.74, 6) is 0.116. The van der Waals surface area contributed by atoms with Gasteiger partial charge in [-0.05, 0) is 43.5 Å². The second-order valence-corrected chi connectivity index (χ2v) is 8.68. The van der Waals surface area contributed by atoms with Gasteiger partial charge in [-0.3, -0.25) is 4.79 Å². The Bertz CT molecular complexity index is 907. The van der Waals surface area contributed by atoms with Gasteiger partial charge in [-0.1, -0.05) is 36.8 Å². The van der Waals surface area contributed by atoms with E-state index in [1.807, 2.05) is 37.3 Å². The zero-order valence-corrected chi connectivity index (χ0v) is 16.9. The molecule has 0 aliphatic carbocycles. The van der Waals surface area contributed by atoms with Gasteiger partial charge in [0.1, 0.15) is 10.6 Å². The van der Waals surface area contributed by atoms with Crippen molar-refractivity contribution in [1.29, 1.82) is 0 Å². The average Bonchev–Trinajstić information content (AvgIpc) is 2.70. The smallest absolute Gasteiger partial charge is 0.246 e. The number of nitrogens with one attached hydrogen (secondary N) is 1. The summed E-state index contributed by atoms with van der Waals surface area (Å²) in [5.41, 5.74) is 1.34. The molecule has 28 heavy (non-hydrogen) atoms. The Hall–Kier alpha value is -2.38. The van der Waals surface area contributed by atoms with E-state index >= 15 is 0 Å². The molecule has 0 atom stereocenters. The van der Waals surface area contributed by atoms with E-state index in [1.165, 1.54) is 10.4 Å². The number of sulfonamides is 1. The summed E-state index contributed by atoms with van der Waals surface area (Å²) in [4.78, 5) is 12.5. The molecule has 1 aliphatic heterocycles. The lowest BCUT2D eigenvalue weighted by atomic mass is 10.1. The lowest BCUT2D eigenvalue weighted by molar-refractivity contribution is -0.115. The van der Waals surface area contributed by atoms with Gasteiger partial charge < -0.3 is 10.1 Å². The van der Waals surface area contributed by atoms with Crippen LogP contribution in [0.3, 0.4) is 0 Å². The van der Waals surface area contributed by atoms with Crippen molar-refractivity contribution < 1.29 is 17.9 Å². The topological polar surface area (TPSA) is 75.7 Å². The Morgan fingerprint density at radius 2 is 1.79 bits per heavy atom. The van der Waals surface area contributed by atoms with Crippen LogP contribution in [0.15, 0.2) is 53.4 Å². The predicted molar refractivity (Wildman–Crippen MR) is 109 cm³/mol. The molecule has 0 radical (unpaired) electrons. The van der Waals surface area contributed by atoms with E-state index in [0.29, 0.717) is 31.1 Å². The number of nitrogens with zero attached hydrogens (tertiary/aromatic N) is 1. The van der Waals surface area contributed by atoms with Crippen LogP contribution in [-0.4, -0.2) is 38.3 Å². The van der Waals surface area contributed by atoms with Crippen molar-refractivity contribution in [2.45, 2.75) is 37.5 Å².